The molecule has 172 valence electrons. The topological polar surface area (TPSA) is 83.8 Å². The molecule has 5 heteroatoms. The summed E-state index contributed by atoms with van der Waals surface area (Å²) in [4.78, 5) is 22.7. The first-order chi connectivity index (χ1) is 14.0. The molecule has 0 radical (unpaired) electrons. The van der Waals surface area contributed by atoms with E-state index in [2.05, 4.69) is 6.92 Å². The minimum Gasteiger partial charge on any atom is -0.481 e. The lowest BCUT2D eigenvalue weighted by atomic mass is 10.0. The number of carboxylic acid groups (broad SMARTS) is 1. The third kappa shape index (κ3) is 20.0. The zero-order valence-electron chi connectivity index (χ0n) is 19.0. The van der Waals surface area contributed by atoms with Crippen LogP contribution >= 0.6 is 0 Å². The monoisotopic (exact) mass is 414 g/mol. The smallest absolute Gasteiger partial charge is 0.308 e. The Morgan fingerprint density at radius 2 is 1.17 bits per heavy atom. The van der Waals surface area contributed by atoms with Crippen LogP contribution in [0, 0.1) is 0 Å². The van der Waals surface area contributed by atoms with E-state index in [1.165, 1.54) is 70.6 Å². The van der Waals surface area contributed by atoms with Crippen molar-refractivity contribution in [1.82, 2.24) is 0 Å². The molecule has 0 aromatic rings. The molecule has 29 heavy (non-hydrogen) atoms. The van der Waals surface area contributed by atoms with E-state index in [9.17, 15) is 14.7 Å². The van der Waals surface area contributed by atoms with Crippen molar-refractivity contribution in [3.63, 3.8) is 0 Å². The molecule has 0 aliphatic rings. The standard InChI is InChI=1S/C24H46O5/c1-3-5-6-7-8-9-10-11-12-13-14-15-16-18-21(25)19-24(28)29-22(17-4-2)20-23(26)27/h21-22,25H,3-20H2,1-2H3,(H,26,27). The molecule has 0 spiro atoms. The number of hydrogen-bond acceptors (Lipinski definition) is 4. The van der Waals surface area contributed by atoms with Gasteiger partial charge in [0, 0.05) is 0 Å². The van der Waals surface area contributed by atoms with Crippen molar-refractivity contribution in [2.45, 2.75) is 142 Å². The Bertz CT molecular complexity index is 397. The van der Waals surface area contributed by atoms with Gasteiger partial charge >= 0.3 is 11.9 Å². The summed E-state index contributed by atoms with van der Waals surface area (Å²) in [7, 11) is 0. The molecule has 2 unspecified atom stereocenters. The maximum Gasteiger partial charge on any atom is 0.308 e. The molecule has 0 aromatic heterocycles. The van der Waals surface area contributed by atoms with Gasteiger partial charge in [-0.15, -0.1) is 0 Å². The first-order valence-electron chi connectivity index (χ1n) is 12.1. The second-order valence-corrected chi connectivity index (χ2v) is 8.39. The van der Waals surface area contributed by atoms with Gasteiger partial charge in [0.25, 0.3) is 0 Å². The lowest BCUT2D eigenvalue weighted by Crippen LogP contribution is -2.24. The molecule has 0 saturated heterocycles. The van der Waals surface area contributed by atoms with Crippen LogP contribution in [0.2, 0.25) is 0 Å². The van der Waals surface area contributed by atoms with E-state index in [4.69, 9.17) is 9.84 Å². The van der Waals surface area contributed by atoms with Gasteiger partial charge in [0.2, 0.25) is 0 Å². The molecule has 0 aliphatic heterocycles. The number of carboxylic acids is 1. The van der Waals surface area contributed by atoms with Crippen LogP contribution in [0.4, 0.5) is 0 Å². The van der Waals surface area contributed by atoms with E-state index in [1.807, 2.05) is 6.92 Å². The SMILES string of the molecule is CCCCCCCCCCCCCCCC(O)CC(=O)OC(CCC)CC(=O)O. The van der Waals surface area contributed by atoms with Crippen molar-refractivity contribution in [3.05, 3.63) is 0 Å². The van der Waals surface area contributed by atoms with Crippen LogP contribution in [-0.4, -0.2) is 34.4 Å². The van der Waals surface area contributed by atoms with Crippen molar-refractivity contribution < 1.29 is 24.5 Å². The normalized spacial score (nSPS) is 13.2. The van der Waals surface area contributed by atoms with Crippen molar-refractivity contribution in [1.29, 1.82) is 0 Å². The number of unbranched alkanes of at least 4 members (excludes halogenated alkanes) is 12. The maximum absolute atomic E-state index is 11.9. The molecule has 2 atom stereocenters. The number of ether oxygens (including phenoxy) is 1. The van der Waals surface area contributed by atoms with Gasteiger partial charge in [-0.2, -0.15) is 0 Å². The Labute approximate surface area is 178 Å². The van der Waals surface area contributed by atoms with E-state index in [-0.39, 0.29) is 12.8 Å². The summed E-state index contributed by atoms with van der Waals surface area (Å²) in [5, 5.41) is 18.9. The number of esters is 1. The number of rotatable bonds is 21. The lowest BCUT2D eigenvalue weighted by molar-refractivity contribution is -0.155. The number of carbonyl (C=O) groups is 2. The lowest BCUT2D eigenvalue weighted by Gasteiger charge is -2.17. The first-order valence-corrected chi connectivity index (χ1v) is 12.1. The quantitative estimate of drug-likeness (QED) is 0.168. The summed E-state index contributed by atoms with van der Waals surface area (Å²) < 4.78 is 5.21. The maximum atomic E-state index is 11.9. The van der Waals surface area contributed by atoms with Crippen LogP contribution in [0.5, 0.6) is 0 Å². The fourth-order valence-corrected chi connectivity index (χ4v) is 3.65. The molecule has 0 aliphatic carbocycles. The molecule has 0 amide bonds. The van der Waals surface area contributed by atoms with Gasteiger partial charge in [-0.3, -0.25) is 9.59 Å². The average molecular weight is 415 g/mol. The summed E-state index contributed by atoms with van der Waals surface area (Å²) >= 11 is 0. The van der Waals surface area contributed by atoms with Crippen molar-refractivity contribution in [2.24, 2.45) is 0 Å². The van der Waals surface area contributed by atoms with Crippen molar-refractivity contribution in [2.75, 3.05) is 0 Å². The number of aliphatic hydroxyl groups excluding tert-OH is 1. The minimum absolute atomic E-state index is 0.0436. The number of hydrogen-bond donors (Lipinski definition) is 2. The average Bonchev–Trinajstić information content (AvgIpc) is 2.65. The molecule has 0 rings (SSSR count). The highest BCUT2D eigenvalue weighted by Gasteiger charge is 2.19. The summed E-state index contributed by atoms with van der Waals surface area (Å²) in [6, 6.07) is 0. The number of aliphatic carboxylic acids is 1. The fraction of sp³-hybridized carbons (Fsp3) is 0.917. The van der Waals surface area contributed by atoms with Crippen LogP contribution in [0.3, 0.4) is 0 Å². The molecule has 0 heterocycles. The molecule has 0 bridgehead atoms. The summed E-state index contributed by atoms with van der Waals surface area (Å²) in [5.41, 5.74) is 0. The molecule has 0 fully saturated rings. The van der Waals surface area contributed by atoms with Gasteiger partial charge in [-0.25, -0.2) is 0 Å². The molecular weight excluding hydrogens is 368 g/mol. The Morgan fingerprint density at radius 1 is 0.690 bits per heavy atom. The minimum atomic E-state index is -0.969. The highest BCUT2D eigenvalue weighted by Crippen LogP contribution is 2.15. The zero-order chi connectivity index (χ0) is 21.7. The van der Waals surface area contributed by atoms with Crippen LogP contribution in [0.15, 0.2) is 0 Å². The van der Waals surface area contributed by atoms with Gasteiger partial charge in [0.1, 0.15) is 6.10 Å². The van der Waals surface area contributed by atoms with Crippen LogP contribution in [0.1, 0.15) is 129 Å². The highest BCUT2D eigenvalue weighted by atomic mass is 16.5. The predicted octanol–water partition coefficient (Wildman–Crippen LogP) is 6.41. The van der Waals surface area contributed by atoms with Gasteiger partial charge in [0.05, 0.1) is 18.9 Å². The number of aliphatic hydroxyl groups is 1. The third-order valence-electron chi connectivity index (χ3n) is 5.35. The van der Waals surface area contributed by atoms with Crippen LogP contribution in [0.25, 0.3) is 0 Å². The first kappa shape index (κ1) is 27.9. The van der Waals surface area contributed by atoms with Gasteiger partial charge in [0.15, 0.2) is 0 Å². The van der Waals surface area contributed by atoms with Crippen molar-refractivity contribution >= 4 is 11.9 Å². The molecule has 5 nitrogen and oxygen atoms in total. The summed E-state index contributed by atoms with van der Waals surface area (Å²) in [5.74, 6) is -1.46. The van der Waals surface area contributed by atoms with Crippen LogP contribution < -0.4 is 0 Å². The Hall–Kier alpha value is -1.10. The van der Waals surface area contributed by atoms with Gasteiger partial charge < -0.3 is 14.9 Å². The van der Waals surface area contributed by atoms with E-state index in [0.717, 1.165) is 19.3 Å². The van der Waals surface area contributed by atoms with E-state index >= 15 is 0 Å². The Balaban J connectivity index is 3.55. The summed E-state index contributed by atoms with van der Waals surface area (Å²) in [6.45, 7) is 4.18. The zero-order valence-corrected chi connectivity index (χ0v) is 19.0. The predicted molar refractivity (Wildman–Crippen MR) is 118 cm³/mol. The van der Waals surface area contributed by atoms with E-state index < -0.39 is 24.1 Å². The fourth-order valence-electron chi connectivity index (χ4n) is 3.65. The van der Waals surface area contributed by atoms with Crippen molar-refractivity contribution in [3.8, 4) is 0 Å². The van der Waals surface area contributed by atoms with Crippen LogP contribution in [-0.2, 0) is 14.3 Å². The van der Waals surface area contributed by atoms with E-state index in [1.54, 1.807) is 0 Å². The molecule has 0 aromatic carbocycles. The highest BCUT2D eigenvalue weighted by molar-refractivity contribution is 5.71. The van der Waals surface area contributed by atoms with Gasteiger partial charge in [-0.1, -0.05) is 104 Å². The Morgan fingerprint density at radius 3 is 1.62 bits per heavy atom. The second-order valence-electron chi connectivity index (χ2n) is 8.39. The number of carbonyl (C=O) groups excluding carboxylic acids is 1. The second kappa shape index (κ2) is 20.2. The van der Waals surface area contributed by atoms with Gasteiger partial charge in [-0.05, 0) is 12.8 Å². The third-order valence-corrected chi connectivity index (χ3v) is 5.35. The largest absolute Gasteiger partial charge is 0.481 e. The molecule has 2 N–H and O–H groups in total. The van der Waals surface area contributed by atoms with E-state index in [0.29, 0.717) is 12.8 Å². The summed E-state index contributed by atoms with van der Waals surface area (Å²) in [6.07, 6.45) is 17.0. The Kier molecular flexibility index (Phi) is 19.4. The molecule has 0 saturated carbocycles. The molecular formula is C24H46O5.